The maximum absolute atomic E-state index is 5.76. The van der Waals surface area contributed by atoms with Gasteiger partial charge in [0, 0.05) is 12.2 Å². The van der Waals surface area contributed by atoms with Gasteiger partial charge in [-0.3, -0.25) is 4.68 Å². The van der Waals surface area contributed by atoms with E-state index in [0.717, 1.165) is 32.4 Å². The van der Waals surface area contributed by atoms with E-state index in [2.05, 4.69) is 25.5 Å². The number of hydrogen-bond donors (Lipinski definition) is 1. The van der Waals surface area contributed by atoms with Crippen molar-refractivity contribution >= 4 is 0 Å². The fourth-order valence-corrected chi connectivity index (χ4v) is 3.11. The Balaban J connectivity index is 2.47. The Morgan fingerprint density at radius 3 is 2.14 bits per heavy atom. The van der Waals surface area contributed by atoms with Gasteiger partial charge in [-0.1, -0.05) is 59.3 Å². The predicted molar refractivity (Wildman–Crippen MR) is 91.7 cm³/mol. The second kappa shape index (κ2) is 10.8. The summed E-state index contributed by atoms with van der Waals surface area (Å²) in [5.41, 5.74) is 9.87. The maximum atomic E-state index is 5.76. The van der Waals surface area contributed by atoms with Crippen LogP contribution in [0.25, 0.3) is 0 Å². The van der Waals surface area contributed by atoms with Crippen LogP contribution in [0.1, 0.15) is 82.7 Å². The van der Waals surface area contributed by atoms with Crippen molar-refractivity contribution in [1.82, 2.24) is 9.78 Å². The van der Waals surface area contributed by atoms with E-state index < -0.39 is 0 Å². The van der Waals surface area contributed by atoms with Gasteiger partial charge in [0.25, 0.3) is 0 Å². The van der Waals surface area contributed by atoms with Crippen LogP contribution in [0.3, 0.4) is 0 Å². The van der Waals surface area contributed by atoms with Crippen LogP contribution < -0.4 is 5.73 Å². The minimum atomic E-state index is 0.725. The van der Waals surface area contributed by atoms with E-state index in [1.54, 1.807) is 0 Å². The Hall–Kier alpha value is -0.830. The lowest BCUT2D eigenvalue weighted by molar-refractivity contribution is 0.508. The van der Waals surface area contributed by atoms with Gasteiger partial charge in [-0.25, -0.2) is 0 Å². The van der Waals surface area contributed by atoms with Crippen LogP contribution in [-0.4, -0.2) is 16.3 Å². The SMILES string of the molecule is CCCCCCCCCn1nc(CC)c(CCN)c1CC. The summed E-state index contributed by atoms with van der Waals surface area (Å²) in [6.45, 7) is 8.50. The highest BCUT2D eigenvalue weighted by Gasteiger charge is 2.14. The Morgan fingerprint density at radius 2 is 1.57 bits per heavy atom. The second-order valence-electron chi connectivity index (χ2n) is 5.96. The standard InChI is InChI=1S/C18H35N3/c1-4-7-8-9-10-11-12-15-21-18(6-3)16(13-14-19)17(5-2)20-21/h4-15,19H2,1-3H3. The van der Waals surface area contributed by atoms with E-state index in [4.69, 9.17) is 10.8 Å². The molecule has 0 aliphatic rings. The van der Waals surface area contributed by atoms with Crippen molar-refractivity contribution in [3.8, 4) is 0 Å². The average molecular weight is 293 g/mol. The first-order valence-corrected chi connectivity index (χ1v) is 9.05. The number of aromatic nitrogens is 2. The molecular formula is C18H35N3. The molecule has 122 valence electrons. The number of aryl methyl sites for hydroxylation is 2. The van der Waals surface area contributed by atoms with Crippen LogP contribution in [0.4, 0.5) is 0 Å². The first-order valence-electron chi connectivity index (χ1n) is 9.05. The minimum Gasteiger partial charge on any atom is -0.330 e. The molecular weight excluding hydrogens is 258 g/mol. The summed E-state index contributed by atoms with van der Waals surface area (Å²) in [5.74, 6) is 0. The zero-order valence-corrected chi connectivity index (χ0v) is 14.5. The Morgan fingerprint density at radius 1 is 0.905 bits per heavy atom. The van der Waals surface area contributed by atoms with E-state index in [1.165, 1.54) is 61.9 Å². The van der Waals surface area contributed by atoms with E-state index in [0.29, 0.717) is 0 Å². The molecule has 0 fully saturated rings. The third-order valence-corrected chi connectivity index (χ3v) is 4.29. The van der Waals surface area contributed by atoms with Crippen LogP contribution in [0, 0.1) is 0 Å². The van der Waals surface area contributed by atoms with Crippen molar-refractivity contribution in [3.05, 3.63) is 17.0 Å². The zero-order chi connectivity index (χ0) is 15.5. The van der Waals surface area contributed by atoms with E-state index >= 15 is 0 Å². The lowest BCUT2D eigenvalue weighted by Crippen LogP contribution is -2.08. The summed E-state index contributed by atoms with van der Waals surface area (Å²) in [6.07, 6.45) is 12.5. The topological polar surface area (TPSA) is 43.8 Å². The van der Waals surface area contributed by atoms with Gasteiger partial charge in [0.1, 0.15) is 0 Å². The normalized spacial score (nSPS) is 11.2. The number of nitrogens with zero attached hydrogens (tertiary/aromatic N) is 2. The third kappa shape index (κ3) is 5.82. The van der Waals surface area contributed by atoms with Gasteiger partial charge in [-0.15, -0.1) is 0 Å². The van der Waals surface area contributed by atoms with Crippen molar-refractivity contribution in [1.29, 1.82) is 0 Å². The maximum Gasteiger partial charge on any atom is 0.0657 e. The molecule has 21 heavy (non-hydrogen) atoms. The molecule has 1 heterocycles. The van der Waals surface area contributed by atoms with Crippen molar-refractivity contribution in [2.24, 2.45) is 5.73 Å². The molecule has 0 aromatic carbocycles. The first-order chi connectivity index (χ1) is 10.3. The largest absolute Gasteiger partial charge is 0.330 e. The molecule has 0 atom stereocenters. The molecule has 1 rings (SSSR count). The van der Waals surface area contributed by atoms with E-state index in [-0.39, 0.29) is 0 Å². The first kappa shape index (κ1) is 18.2. The Bertz CT molecular complexity index is 382. The molecule has 0 aliphatic carbocycles. The monoisotopic (exact) mass is 293 g/mol. The molecule has 3 nitrogen and oxygen atoms in total. The van der Waals surface area contributed by atoms with Crippen LogP contribution in [0.2, 0.25) is 0 Å². The molecule has 0 saturated carbocycles. The average Bonchev–Trinajstić information content (AvgIpc) is 2.83. The van der Waals surface area contributed by atoms with Gasteiger partial charge in [0.05, 0.1) is 5.69 Å². The molecule has 0 spiro atoms. The highest BCUT2D eigenvalue weighted by Crippen LogP contribution is 2.18. The second-order valence-corrected chi connectivity index (χ2v) is 5.96. The summed E-state index contributed by atoms with van der Waals surface area (Å²) in [6, 6.07) is 0. The molecule has 1 aromatic rings. The van der Waals surface area contributed by atoms with Gasteiger partial charge in [0.2, 0.25) is 0 Å². The summed E-state index contributed by atoms with van der Waals surface area (Å²) < 4.78 is 2.26. The molecule has 0 amide bonds. The van der Waals surface area contributed by atoms with Crippen LogP contribution in [0.5, 0.6) is 0 Å². The zero-order valence-electron chi connectivity index (χ0n) is 14.5. The summed E-state index contributed by atoms with van der Waals surface area (Å²) in [7, 11) is 0. The predicted octanol–water partition coefficient (Wildman–Crippen LogP) is 4.26. The lowest BCUT2D eigenvalue weighted by Gasteiger charge is -2.07. The lowest BCUT2D eigenvalue weighted by atomic mass is 10.1. The van der Waals surface area contributed by atoms with Gasteiger partial charge in [-0.2, -0.15) is 5.10 Å². The fraction of sp³-hybridized carbons (Fsp3) is 0.833. The number of nitrogens with two attached hydrogens (primary N) is 1. The number of hydrogen-bond acceptors (Lipinski definition) is 2. The van der Waals surface area contributed by atoms with Crippen molar-refractivity contribution in [3.63, 3.8) is 0 Å². The molecule has 0 aliphatic heterocycles. The Labute approximate surface area is 131 Å². The minimum absolute atomic E-state index is 0.725. The molecule has 0 radical (unpaired) electrons. The Kier molecular flexibility index (Phi) is 9.40. The summed E-state index contributed by atoms with van der Waals surface area (Å²) in [5, 5.41) is 4.83. The quantitative estimate of drug-likeness (QED) is 0.585. The molecule has 0 saturated heterocycles. The van der Waals surface area contributed by atoms with E-state index in [9.17, 15) is 0 Å². The van der Waals surface area contributed by atoms with Crippen molar-refractivity contribution < 1.29 is 0 Å². The smallest absolute Gasteiger partial charge is 0.0657 e. The van der Waals surface area contributed by atoms with Crippen molar-refractivity contribution in [2.75, 3.05) is 6.54 Å². The summed E-state index contributed by atoms with van der Waals surface area (Å²) >= 11 is 0. The van der Waals surface area contributed by atoms with Gasteiger partial charge >= 0.3 is 0 Å². The van der Waals surface area contributed by atoms with Gasteiger partial charge in [-0.05, 0) is 37.8 Å². The molecule has 2 N–H and O–H groups in total. The fourth-order valence-electron chi connectivity index (χ4n) is 3.11. The van der Waals surface area contributed by atoms with Crippen molar-refractivity contribution in [2.45, 2.75) is 91.5 Å². The van der Waals surface area contributed by atoms with E-state index in [1.807, 2.05) is 0 Å². The van der Waals surface area contributed by atoms with Gasteiger partial charge in [0.15, 0.2) is 0 Å². The highest BCUT2D eigenvalue weighted by molar-refractivity contribution is 5.27. The summed E-state index contributed by atoms with van der Waals surface area (Å²) in [4.78, 5) is 0. The molecule has 0 bridgehead atoms. The molecule has 0 unspecified atom stereocenters. The van der Waals surface area contributed by atoms with Crippen LogP contribution in [-0.2, 0) is 25.8 Å². The molecule has 1 aromatic heterocycles. The third-order valence-electron chi connectivity index (χ3n) is 4.29. The highest BCUT2D eigenvalue weighted by atomic mass is 15.3. The molecule has 3 heteroatoms. The van der Waals surface area contributed by atoms with Crippen LogP contribution >= 0.6 is 0 Å². The number of rotatable bonds is 12. The number of unbranched alkanes of at least 4 members (excludes halogenated alkanes) is 6. The van der Waals surface area contributed by atoms with Crippen LogP contribution in [0.15, 0.2) is 0 Å². The van der Waals surface area contributed by atoms with Gasteiger partial charge < -0.3 is 5.73 Å².